The Bertz CT molecular complexity index is 693. The molecular weight excluding hydrogens is 278 g/mol. The highest BCUT2D eigenvalue weighted by molar-refractivity contribution is 5.74. The van der Waals surface area contributed by atoms with E-state index in [1.807, 2.05) is 4.90 Å². The maximum atomic E-state index is 11.6. The Labute approximate surface area is 130 Å². The number of benzene rings is 1. The summed E-state index contributed by atoms with van der Waals surface area (Å²) in [6.45, 7) is 6.54. The van der Waals surface area contributed by atoms with E-state index in [2.05, 4.69) is 42.2 Å². The molecule has 1 aromatic carbocycles. The van der Waals surface area contributed by atoms with Gasteiger partial charge in [-0.1, -0.05) is 28.9 Å². The van der Waals surface area contributed by atoms with Crippen molar-refractivity contribution < 1.29 is 9.32 Å². The van der Waals surface area contributed by atoms with Gasteiger partial charge in [-0.15, -0.1) is 0 Å². The largest absolute Gasteiger partial charge is 0.337 e. The van der Waals surface area contributed by atoms with Crippen LogP contribution in [0.15, 0.2) is 22.7 Å². The van der Waals surface area contributed by atoms with Crippen molar-refractivity contribution in [1.29, 1.82) is 0 Å². The zero-order valence-electron chi connectivity index (χ0n) is 13.3. The summed E-state index contributed by atoms with van der Waals surface area (Å²) in [6, 6.07) is 6.30. The molecule has 1 unspecified atom stereocenters. The molecule has 22 heavy (non-hydrogen) atoms. The first-order valence-corrected chi connectivity index (χ1v) is 7.70. The normalized spacial score (nSPS) is 18.0. The van der Waals surface area contributed by atoms with Crippen LogP contribution in [0.5, 0.6) is 0 Å². The maximum absolute atomic E-state index is 11.6. The minimum Gasteiger partial charge on any atom is -0.337 e. The molecule has 116 valence electrons. The monoisotopic (exact) mass is 299 g/mol. The van der Waals surface area contributed by atoms with Gasteiger partial charge in [0, 0.05) is 19.9 Å². The van der Waals surface area contributed by atoms with E-state index in [1.165, 1.54) is 16.7 Å². The molecule has 2 heterocycles. The quantitative estimate of drug-likeness (QED) is 0.874. The van der Waals surface area contributed by atoms with E-state index in [9.17, 15) is 4.79 Å². The van der Waals surface area contributed by atoms with E-state index in [4.69, 9.17) is 4.52 Å². The Morgan fingerprint density at radius 2 is 2.23 bits per heavy atom. The molecule has 1 fully saturated rings. The fourth-order valence-electron chi connectivity index (χ4n) is 3.09. The number of aryl methyl sites for hydroxylation is 2. The summed E-state index contributed by atoms with van der Waals surface area (Å²) in [4.78, 5) is 18.0. The number of hydrogen-bond acceptors (Lipinski definition) is 4. The summed E-state index contributed by atoms with van der Waals surface area (Å²) in [7, 11) is 0. The lowest BCUT2D eigenvalue weighted by Gasteiger charge is -2.19. The average molecular weight is 299 g/mol. The van der Waals surface area contributed by atoms with Gasteiger partial charge in [0.25, 0.3) is 0 Å². The molecule has 0 spiro atoms. The highest BCUT2D eigenvalue weighted by Gasteiger charge is 2.32. The van der Waals surface area contributed by atoms with Gasteiger partial charge >= 0.3 is 0 Å². The molecule has 0 saturated carbocycles. The fraction of sp³-hybridized carbons (Fsp3) is 0.471. The van der Waals surface area contributed by atoms with Gasteiger partial charge in [-0.3, -0.25) is 4.79 Å². The molecule has 0 bridgehead atoms. The fourth-order valence-corrected chi connectivity index (χ4v) is 3.09. The summed E-state index contributed by atoms with van der Waals surface area (Å²) in [5, 5.41) is 4.09. The number of nitrogens with zero attached hydrogens (tertiary/aromatic N) is 3. The third kappa shape index (κ3) is 2.89. The second-order valence-electron chi connectivity index (χ2n) is 6.03. The lowest BCUT2D eigenvalue weighted by molar-refractivity contribution is -0.130. The molecule has 3 rings (SSSR count). The van der Waals surface area contributed by atoms with Crippen molar-refractivity contribution >= 4 is 5.91 Å². The van der Waals surface area contributed by atoms with Crippen LogP contribution < -0.4 is 0 Å². The Kier molecular flexibility index (Phi) is 3.96. The van der Waals surface area contributed by atoms with Gasteiger partial charge in [0.2, 0.25) is 11.8 Å². The lowest BCUT2D eigenvalue weighted by Crippen LogP contribution is -2.28. The molecule has 0 radical (unpaired) electrons. The second-order valence-corrected chi connectivity index (χ2v) is 6.03. The van der Waals surface area contributed by atoms with E-state index >= 15 is 0 Å². The first-order valence-electron chi connectivity index (χ1n) is 7.70. The van der Waals surface area contributed by atoms with Crippen LogP contribution in [-0.2, 0) is 11.2 Å². The highest BCUT2D eigenvalue weighted by atomic mass is 16.5. The van der Waals surface area contributed by atoms with Crippen LogP contribution in [0, 0.1) is 13.8 Å². The SMILES string of the molecule is CC(=O)N1CCCC1c1nc(Cc2ccc(C)cc2C)no1. The zero-order valence-corrected chi connectivity index (χ0v) is 13.3. The zero-order chi connectivity index (χ0) is 15.7. The molecule has 5 heteroatoms. The smallest absolute Gasteiger partial charge is 0.249 e. The van der Waals surface area contributed by atoms with E-state index in [1.54, 1.807) is 6.92 Å². The molecule has 1 saturated heterocycles. The van der Waals surface area contributed by atoms with Gasteiger partial charge in [-0.25, -0.2) is 0 Å². The van der Waals surface area contributed by atoms with Crippen LogP contribution >= 0.6 is 0 Å². The van der Waals surface area contributed by atoms with Crippen molar-refractivity contribution in [2.45, 2.75) is 46.1 Å². The maximum Gasteiger partial charge on any atom is 0.249 e. The number of rotatable bonds is 3. The Morgan fingerprint density at radius 3 is 2.95 bits per heavy atom. The van der Waals surface area contributed by atoms with Crippen LogP contribution in [0.25, 0.3) is 0 Å². The van der Waals surface area contributed by atoms with E-state index in [0.29, 0.717) is 18.1 Å². The minimum atomic E-state index is -0.0575. The molecule has 1 aliphatic heterocycles. The standard InChI is InChI=1S/C17H21N3O2/c1-11-6-7-14(12(2)9-11)10-16-18-17(22-19-16)15-5-4-8-20(15)13(3)21/h6-7,9,15H,4-5,8,10H2,1-3H3. The number of aromatic nitrogens is 2. The van der Waals surface area contributed by atoms with E-state index in [0.717, 1.165) is 19.4 Å². The predicted octanol–water partition coefficient (Wildman–Crippen LogP) is 2.96. The summed E-state index contributed by atoms with van der Waals surface area (Å²) >= 11 is 0. The number of carbonyl (C=O) groups excluding carboxylic acids is 1. The molecule has 0 aliphatic carbocycles. The minimum absolute atomic E-state index is 0.0575. The summed E-state index contributed by atoms with van der Waals surface area (Å²) < 4.78 is 5.41. The van der Waals surface area contributed by atoms with Crippen LogP contribution in [-0.4, -0.2) is 27.5 Å². The first kappa shape index (κ1) is 14.8. The van der Waals surface area contributed by atoms with Gasteiger partial charge in [0.05, 0.1) is 0 Å². The summed E-state index contributed by atoms with van der Waals surface area (Å²) in [5.74, 6) is 1.31. The third-order valence-electron chi connectivity index (χ3n) is 4.27. The third-order valence-corrected chi connectivity index (χ3v) is 4.27. The van der Waals surface area contributed by atoms with Gasteiger partial charge in [0.15, 0.2) is 5.82 Å². The number of hydrogen-bond donors (Lipinski definition) is 0. The van der Waals surface area contributed by atoms with Crippen LogP contribution in [0.4, 0.5) is 0 Å². The second kappa shape index (κ2) is 5.91. The molecule has 2 aromatic rings. The van der Waals surface area contributed by atoms with Gasteiger partial charge in [-0.2, -0.15) is 4.98 Å². The number of carbonyl (C=O) groups is 1. The lowest BCUT2D eigenvalue weighted by atomic mass is 10.0. The van der Waals surface area contributed by atoms with Crippen molar-refractivity contribution in [3.63, 3.8) is 0 Å². The molecule has 1 aromatic heterocycles. The Morgan fingerprint density at radius 1 is 1.41 bits per heavy atom. The molecule has 1 amide bonds. The molecule has 1 aliphatic rings. The van der Waals surface area contributed by atoms with Crippen molar-refractivity contribution in [2.24, 2.45) is 0 Å². The average Bonchev–Trinajstić information content (AvgIpc) is 3.10. The topological polar surface area (TPSA) is 59.2 Å². The molecule has 1 atom stereocenters. The first-order chi connectivity index (χ1) is 10.5. The molecular formula is C17H21N3O2. The van der Waals surface area contributed by atoms with Crippen LogP contribution in [0.3, 0.4) is 0 Å². The molecule has 0 N–H and O–H groups in total. The predicted molar refractivity (Wildman–Crippen MR) is 82.4 cm³/mol. The van der Waals surface area contributed by atoms with E-state index in [-0.39, 0.29) is 11.9 Å². The van der Waals surface area contributed by atoms with Gasteiger partial charge < -0.3 is 9.42 Å². The molecule has 5 nitrogen and oxygen atoms in total. The Balaban J connectivity index is 1.78. The summed E-state index contributed by atoms with van der Waals surface area (Å²) in [5.41, 5.74) is 3.68. The summed E-state index contributed by atoms with van der Waals surface area (Å²) in [6.07, 6.45) is 2.53. The van der Waals surface area contributed by atoms with Crippen LogP contribution in [0.1, 0.15) is 54.2 Å². The Hall–Kier alpha value is -2.17. The number of likely N-dealkylation sites (tertiary alicyclic amines) is 1. The van der Waals surface area contributed by atoms with Crippen LogP contribution in [0.2, 0.25) is 0 Å². The van der Waals surface area contributed by atoms with Crippen molar-refractivity contribution in [1.82, 2.24) is 15.0 Å². The van der Waals surface area contributed by atoms with E-state index < -0.39 is 0 Å². The van der Waals surface area contributed by atoms with Crippen molar-refractivity contribution in [3.8, 4) is 0 Å². The highest BCUT2D eigenvalue weighted by Crippen LogP contribution is 2.31. The van der Waals surface area contributed by atoms with Crippen molar-refractivity contribution in [2.75, 3.05) is 6.54 Å². The number of amides is 1. The van der Waals surface area contributed by atoms with Crippen molar-refractivity contribution in [3.05, 3.63) is 46.6 Å². The van der Waals surface area contributed by atoms with Gasteiger partial charge in [-0.05, 0) is 37.8 Å². The van der Waals surface area contributed by atoms with Gasteiger partial charge in [0.1, 0.15) is 6.04 Å².